The van der Waals surface area contributed by atoms with Crippen molar-refractivity contribution >= 4 is 21.6 Å². The molecule has 2 rings (SSSR count). The Hall–Kier alpha value is -1.86. The predicted molar refractivity (Wildman–Crippen MR) is 88.5 cm³/mol. The minimum Gasteiger partial charge on any atom is -0.497 e. The summed E-state index contributed by atoms with van der Waals surface area (Å²) < 4.78 is 6.88. The van der Waals surface area contributed by atoms with Crippen molar-refractivity contribution in [3.05, 3.63) is 50.9 Å². The van der Waals surface area contributed by atoms with Gasteiger partial charge in [-0.05, 0) is 40.5 Å². The lowest BCUT2D eigenvalue weighted by molar-refractivity contribution is 0.281. The second-order valence-electron chi connectivity index (χ2n) is 4.91. The minimum atomic E-state index is -0.231. The molecule has 0 amide bonds. The van der Waals surface area contributed by atoms with Crippen molar-refractivity contribution < 1.29 is 9.84 Å². The Morgan fingerprint density at radius 2 is 2.09 bits per heavy atom. The van der Waals surface area contributed by atoms with E-state index in [4.69, 9.17) is 9.84 Å². The average molecular weight is 368 g/mol. The molecular weight excluding hydrogens is 350 g/mol. The molecule has 0 aliphatic heterocycles. The molecule has 1 aromatic carbocycles. The van der Waals surface area contributed by atoms with Gasteiger partial charge in [0.05, 0.1) is 32.1 Å². The molecule has 0 spiro atoms. The molecule has 7 heteroatoms. The van der Waals surface area contributed by atoms with Gasteiger partial charge in [-0.15, -0.1) is 0 Å². The van der Waals surface area contributed by atoms with Gasteiger partial charge in [-0.2, -0.15) is 5.10 Å². The molecule has 118 valence electrons. The van der Waals surface area contributed by atoms with Crippen LogP contribution in [0.2, 0.25) is 0 Å². The minimum absolute atomic E-state index is 0.0264. The molecule has 1 heterocycles. The number of hydrogen-bond acceptors (Lipinski definition) is 5. The quantitative estimate of drug-likeness (QED) is 0.814. The topological polar surface area (TPSA) is 76.4 Å². The van der Waals surface area contributed by atoms with E-state index in [1.54, 1.807) is 13.3 Å². The molecule has 1 aromatic heterocycles. The van der Waals surface area contributed by atoms with Crippen LogP contribution in [-0.2, 0) is 6.54 Å². The van der Waals surface area contributed by atoms with Crippen LogP contribution in [0.3, 0.4) is 0 Å². The van der Waals surface area contributed by atoms with Crippen molar-refractivity contribution in [1.82, 2.24) is 9.78 Å². The molecule has 6 nitrogen and oxygen atoms in total. The Bertz CT molecular complexity index is 685. The zero-order valence-corrected chi connectivity index (χ0v) is 14.0. The summed E-state index contributed by atoms with van der Waals surface area (Å²) in [5, 5.41) is 16.2. The molecule has 0 bridgehead atoms. The Morgan fingerprint density at radius 3 is 2.68 bits per heavy atom. The van der Waals surface area contributed by atoms with Gasteiger partial charge in [0.25, 0.3) is 5.56 Å². The monoisotopic (exact) mass is 367 g/mol. The summed E-state index contributed by atoms with van der Waals surface area (Å²) in [7, 11) is 1.61. The Kier molecular flexibility index (Phi) is 5.57. The van der Waals surface area contributed by atoms with E-state index in [1.807, 2.05) is 31.2 Å². The number of aromatic nitrogens is 2. The number of halogens is 1. The summed E-state index contributed by atoms with van der Waals surface area (Å²) in [5.41, 5.74) is 1.29. The van der Waals surface area contributed by atoms with Crippen molar-refractivity contribution in [1.29, 1.82) is 0 Å². The highest BCUT2D eigenvalue weighted by molar-refractivity contribution is 9.10. The van der Waals surface area contributed by atoms with Crippen LogP contribution in [0.1, 0.15) is 12.5 Å². The third kappa shape index (κ3) is 3.86. The zero-order chi connectivity index (χ0) is 16.1. The number of hydrogen-bond donors (Lipinski definition) is 2. The normalized spacial score (nSPS) is 12.0. The molecule has 0 unspecified atom stereocenters. The fourth-order valence-electron chi connectivity index (χ4n) is 1.89. The smallest absolute Gasteiger partial charge is 0.283 e. The highest BCUT2D eigenvalue weighted by Crippen LogP contribution is 2.17. The van der Waals surface area contributed by atoms with E-state index in [9.17, 15) is 4.79 Å². The van der Waals surface area contributed by atoms with Gasteiger partial charge in [0.1, 0.15) is 10.2 Å². The van der Waals surface area contributed by atoms with Crippen LogP contribution in [0.5, 0.6) is 5.75 Å². The van der Waals surface area contributed by atoms with Gasteiger partial charge in [-0.3, -0.25) is 4.79 Å². The number of ether oxygens (including phenoxy) is 1. The van der Waals surface area contributed by atoms with Crippen LogP contribution in [0, 0.1) is 0 Å². The molecule has 22 heavy (non-hydrogen) atoms. The molecule has 0 aliphatic carbocycles. The van der Waals surface area contributed by atoms with Crippen LogP contribution < -0.4 is 15.6 Å². The third-order valence-corrected chi connectivity index (χ3v) is 3.92. The lowest BCUT2D eigenvalue weighted by Crippen LogP contribution is -2.27. The molecule has 0 saturated carbocycles. The molecule has 0 saturated heterocycles. The van der Waals surface area contributed by atoms with Crippen LogP contribution in [0.15, 0.2) is 39.7 Å². The van der Waals surface area contributed by atoms with Crippen molar-refractivity contribution in [3.63, 3.8) is 0 Å². The van der Waals surface area contributed by atoms with E-state index in [1.165, 1.54) is 4.68 Å². The van der Waals surface area contributed by atoms with E-state index in [2.05, 4.69) is 26.3 Å². The number of aliphatic hydroxyl groups excluding tert-OH is 1. The van der Waals surface area contributed by atoms with E-state index in [0.29, 0.717) is 16.7 Å². The van der Waals surface area contributed by atoms with E-state index < -0.39 is 0 Å². The number of nitrogens with one attached hydrogen (secondary N) is 1. The van der Waals surface area contributed by atoms with Gasteiger partial charge in [0, 0.05) is 6.04 Å². The van der Waals surface area contributed by atoms with Crippen molar-refractivity contribution in [3.8, 4) is 5.75 Å². The zero-order valence-electron chi connectivity index (χ0n) is 12.4. The van der Waals surface area contributed by atoms with Crippen molar-refractivity contribution in [2.24, 2.45) is 0 Å². The van der Waals surface area contributed by atoms with Gasteiger partial charge >= 0.3 is 0 Å². The highest BCUT2D eigenvalue weighted by Gasteiger charge is 2.11. The van der Waals surface area contributed by atoms with Gasteiger partial charge in [-0.25, -0.2) is 4.68 Å². The maximum atomic E-state index is 12.3. The fraction of sp³-hybridized carbons (Fsp3) is 0.333. The van der Waals surface area contributed by atoms with Crippen molar-refractivity contribution in [2.75, 3.05) is 19.0 Å². The fourth-order valence-corrected chi connectivity index (χ4v) is 2.31. The van der Waals surface area contributed by atoms with E-state index in [-0.39, 0.29) is 18.2 Å². The highest BCUT2D eigenvalue weighted by atomic mass is 79.9. The summed E-state index contributed by atoms with van der Waals surface area (Å²) in [6, 6.07) is 7.31. The average Bonchev–Trinajstić information content (AvgIpc) is 2.55. The molecule has 2 aromatic rings. The number of benzene rings is 1. The summed E-state index contributed by atoms with van der Waals surface area (Å²) in [6.07, 6.45) is 1.57. The largest absolute Gasteiger partial charge is 0.497 e. The number of rotatable bonds is 6. The summed E-state index contributed by atoms with van der Waals surface area (Å²) >= 11 is 3.29. The number of methoxy groups -OCH3 is 1. The molecule has 0 fully saturated rings. The first-order valence-electron chi connectivity index (χ1n) is 6.81. The van der Waals surface area contributed by atoms with Crippen molar-refractivity contribution in [2.45, 2.75) is 19.5 Å². The number of nitrogens with zero attached hydrogens (tertiary/aromatic N) is 2. The number of aliphatic hydroxyl groups is 1. The Morgan fingerprint density at radius 1 is 1.41 bits per heavy atom. The standard InChI is InChI=1S/C15H18BrN3O3/c1-10(9-20)18-13-7-17-19(15(21)14(13)16)8-11-3-5-12(22-2)6-4-11/h3-7,10,18,20H,8-9H2,1-2H3/t10-/m0/s1. The van der Waals surface area contributed by atoms with Crippen LogP contribution in [-0.4, -0.2) is 34.6 Å². The summed E-state index contributed by atoms with van der Waals surface area (Å²) in [6.45, 7) is 2.16. The first-order chi connectivity index (χ1) is 10.5. The first kappa shape index (κ1) is 16.5. The second kappa shape index (κ2) is 7.42. The Balaban J connectivity index is 2.21. The molecule has 0 aliphatic rings. The summed E-state index contributed by atoms with van der Waals surface area (Å²) in [5.74, 6) is 0.766. The predicted octanol–water partition coefficient (Wildman–Crippen LogP) is 1.86. The third-order valence-electron chi connectivity index (χ3n) is 3.15. The Labute approximate surface area is 136 Å². The van der Waals surface area contributed by atoms with E-state index >= 15 is 0 Å². The summed E-state index contributed by atoms with van der Waals surface area (Å²) in [4.78, 5) is 12.3. The van der Waals surface area contributed by atoms with Crippen LogP contribution in [0.4, 0.5) is 5.69 Å². The molecular formula is C15H18BrN3O3. The first-order valence-corrected chi connectivity index (χ1v) is 7.60. The molecule has 2 N–H and O–H groups in total. The van der Waals surface area contributed by atoms with E-state index in [0.717, 1.165) is 11.3 Å². The molecule has 1 atom stereocenters. The SMILES string of the molecule is COc1ccc(Cn2ncc(N[C@@H](C)CO)c(Br)c2=O)cc1. The van der Waals surface area contributed by atoms with Gasteiger partial charge in [0.2, 0.25) is 0 Å². The number of anilines is 1. The van der Waals surface area contributed by atoms with Crippen LogP contribution in [0.25, 0.3) is 0 Å². The lowest BCUT2D eigenvalue weighted by atomic mass is 10.2. The maximum Gasteiger partial charge on any atom is 0.283 e. The van der Waals surface area contributed by atoms with Gasteiger partial charge in [-0.1, -0.05) is 12.1 Å². The van der Waals surface area contributed by atoms with Gasteiger partial charge in [0.15, 0.2) is 0 Å². The second-order valence-corrected chi connectivity index (χ2v) is 5.70. The maximum absolute atomic E-state index is 12.3. The molecule has 0 radical (unpaired) electrons. The van der Waals surface area contributed by atoms with Gasteiger partial charge < -0.3 is 15.2 Å². The lowest BCUT2D eigenvalue weighted by Gasteiger charge is -2.14. The van der Waals surface area contributed by atoms with Crippen LogP contribution >= 0.6 is 15.9 Å².